The molecule has 0 unspecified atom stereocenters. The van der Waals surface area contributed by atoms with Crippen LogP contribution in [-0.4, -0.2) is 73.5 Å². The molecule has 9 heteroatoms. The number of ether oxygens (including phenoxy) is 2. The van der Waals surface area contributed by atoms with Gasteiger partial charge in [0.05, 0.1) is 19.8 Å². The van der Waals surface area contributed by atoms with Crippen LogP contribution in [0.4, 0.5) is 0 Å². The molecule has 3 amide bonds. The molecule has 9 nitrogen and oxygen atoms in total. The summed E-state index contributed by atoms with van der Waals surface area (Å²) in [5.74, 6) is 0.573. The second-order valence-corrected chi connectivity index (χ2v) is 8.03. The Labute approximate surface area is 203 Å². The molecule has 1 aromatic heterocycles. The zero-order valence-electron chi connectivity index (χ0n) is 19.9. The Morgan fingerprint density at radius 3 is 2.29 bits per heavy atom. The quantitative estimate of drug-likeness (QED) is 0.533. The highest BCUT2D eigenvalue weighted by atomic mass is 16.5. The molecule has 1 saturated heterocycles. The predicted octanol–water partition coefficient (Wildman–Crippen LogP) is 2.94. The van der Waals surface area contributed by atoms with Crippen molar-refractivity contribution in [2.24, 2.45) is 0 Å². The van der Waals surface area contributed by atoms with E-state index >= 15 is 0 Å². The highest BCUT2D eigenvalue weighted by Gasteiger charge is 2.27. The number of rotatable bonds is 8. The molecule has 2 heterocycles. The van der Waals surface area contributed by atoms with Crippen LogP contribution in [0.1, 0.15) is 34.8 Å². The molecular weight excluding hydrogens is 450 g/mol. The van der Waals surface area contributed by atoms with Crippen molar-refractivity contribution < 1.29 is 28.3 Å². The van der Waals surface area contributed by atoms with Crippen LogP contribution in [0.3, 0.4) is 0 Å². The lowest BCUT2D eigenvalue weighted by molar-refractivity contribution is -0.131. The summed E-state index contributed by atoms with van der Waals surface area (Å²) >= 11 is 0. The number of amides is 3. The zero-order chi connectivity index (χ0) is 24.8. The van der Waals surface area contributed by atoms with E-state index in [0.717, 1.165) is 5.39 Å². The van der Waals surface area contributed by atoms with Gasteiger partial charge in [0.25, 0.3) is 11.8 Å². The van der Waals surface area contributed by atoms with Crippen LogP contribution in [-0.2, 0) is 4.79 Å². The summed E-state index contributed by atoms with van der Waals surface area (Å²) in [6.07, 6.45) is 0. The molecule has 4 rings (SSSR count). The molecule has 1 fully saturated rings. The predicted molar refractivity (Wildman–Crippen MR) is 130 cm³/mol. The number of furan rings is 1. The molecule has 0 spiro atoms. The highest BCUT2D eigenvalue weighted by Crippen LogP contribution is 2.28. The van der Waals surface area contributed by atoms with Crippen molar-refractivity contribution in [1.82, 2.24) is 15.1 Å². The second-order valence-electron chi connectivity index (χ2n) is 8.03. The standard InChI is InChI=1S/C26H29N3O6/c1-3-33-21-10-9-19(16-22(21)34-4-2)25(31)27-17-24(30)28-11-13-29(14-12-28)26(32)23-15-18-7-5-6-8-20(18)35-23/h5-10,15-16H,3-4,11-14,17H2,1-2H3,(H,27,31). The van der Waals surface area contributed by atoms with E-state index in [1.54, 1.807) is 34.1 Å². The fraction of sp³-hybridized carbons (Fsp3) is 0.346. The number of carbonyl (C=O) groups excluding carboxylic acids is 3. The van der Waals surface area contributed by atoms with Crippen LogP contribution in [0.15, 0.2) is 52.9 Å². The van der Waals surface area contributed by atoms with Gasteiger partial charge in [-0.2, -0.15) is 0 Å². The fourth-order valence-electron chi connectivity index (χ4n) is 3.96. The van der Waals surface area contributed by atoms with Crippen molar-refractivity contribution in [2.45, 2.75) is 13.8 Å². The largest absolute Gasteiger partial charge is 0.490 e. The maximum Gasteiger partial charge on any atom is 0.289 e. The monoisotopic (exact) mass is 479 g/mol. The number of nitrogens with one attached hydrogen (secondary N) is 1. The molecule has 1 aliphatic heterocycles. The first-order chi connectivity index (χ1) is 17.0. The van der Waals surface area contributed by atoms with Crippen LogP contribution in [0.25, 0.3) is 11.0 Å². The number of para-hydroxylation sites is 1. The lowest BCUT2D eigenvalue weighted by Crippen LogP contribution is -2.52. The van der Waals surface area contributed by atoms with Crippen molar-refractivity contribution >= 4 is 28.7 Å². The number of fused-ring (bicyclic) bond motifs is 1. The van der Waals surface area contributed by atoms with Gasteiger partial charge >= 0.3 is 0 Å². The van der Waals surface area contributed by atoms with Gasteiger partial charge in [-0.05, 0) is 44.2 Å². The first-order valence-electron chi connectivity index (χ1n) is 11.7. The summed E-state index contributed by atoms with van der Waals surface area (Å²) in [5, 5.41) is 3.55. The van der Waals surface area contributed by atoms with Gasteiger partial charge < -0.3 is 29.0 Å². The van der Waals surface area contributed by atoms with Gasteiger partial charge in [0, 0.05) is 37.1 Å². The minimum Gasteiger partial charge on any atom is -0.490 e. The van der Waals surface area contributed by atoms with E-state index in [4.69, 9.17) is 13.9 Å². The lowest BCUT2D eigenvalue weighted by Gasteiger charge is -2.34. The summed E-state index contributed by atoms with van der Waals surface area (Å²) in [6.45, 7) is 6.08. The smallest absolute Gasteiger partial charge is 0.289 e. The highest BCUT2D eigenvalue weighted by molar-refractivity contribution is 5.97. The molecule has 0 saturated carbocycles. The Morgan fingerprint density at radius 2 is 1.57 bits per heavy atom. The zero-order valence-corrected chi connectivity index (χ0v) is 19.9. The normalized spacial score (nSPS) is 13.5. The third-order valence-corrected chi connectivity index (χ3v) is 5.76. The van der Waals surface area contributed by atoms with Gasteiger partial charge in [-0.3, -0.25) is 14.4 Å². The van der Waals surface area contributed by atoms with Gasteiger partial charge in [0.15, 0.2) is 17.3 Å². The number of hydrogen-bond donors (Lipinski definition) is 1. The topological polar surface area (TPSA) is 101 Å². The number of hydrogen-bond acceptors (Lipinski definition) is 6. The van der Waals surface area contributed by atoms with Gasteiger partial charge in [-0.1, -0.05) is 18.2 Å². The van der Waals surface area contributed by atoms with Crippen LogP contribution in [0, 0.1) is 0 Å². The molecule has 3 aromatic rings. The van der Waals surface area contributed by atoms with E-state index in [1.165, 1.54) is 0 Å². The summed E-state index contributed by atoms with van der Waals surface area (Å²) in [7, 11) is 0. The van der Waals surface area contributed by atoms with Gasteiger partial charge in [-0.15, -0.1) is 0 Å². The molecule has 1 aliphatic rings. The van der Waals surface area contributed by atoms with E-state index in [0.29, 0.717) is 67.8 Å². The number of nitrogens with zero attached hydrogens (tertiary/aromatic N) is 2. The Bertz CT molecular complexity index is 1180. The maximum atomic E-state index is 12.8. The third-order valence-electron chi connectivity index (χ3n) is 5.76. The molecule has 1 N–H and O–H groups in total. The van der Waals surface area contributed by atoms with E-state index in [9.17, 15) is 14.4 Å². The molecule has 0 radical (unpaired) electrons. The van der Waals surface area contributed by atoms with E-state index < -0.39 is 0 Å². The Balaban J connectivity index is 1.28. The van der Waals surface area contributed by atoms with Crippen molar-refractivity contribution in [2.75, 3.05) is 45.9 Å². The van der Waals surface area contributed by atoms with E-state index in [-0.39, 0.29) is 24.3 Å². The summed E-state index contributed by atoms with van der Waals surface area (Å²) in [4.78, 5) is 41.4. The first-order valence-corrected chi connectivity index (χ1v) is 11.7. The summed E-state index contributed by atoms with van der Waals surface area (Å²) in [6, 6.07) is 14.1. The minimum atomic E-state index is -0.374. The SMILES string of the molecule is CCOc1ccc(C(=O)NCC(=O)N2CCN(C(=O)c3cc4ccccc4o3)CC2)cc1OCC. The average molecular weight is 480 g/mol. The number of benzene rings is 2. The Kier molecular flexibility index (Phi) is 7.54. The molecular formula is C26H29N3O6. The first kappa shape index (κ1) is 24.1. The molecule has 184 valence electrons. The summed E-state index contributed by atoms with van der Waals surface area (Å²) in [5.41, 5.74) is 1.05. The Hall–Kier alpha value is -4.01. The Morgan fingerprint density at radius 1 is 0.886 bits per heavy atom. The number of carbonyl (C=O) groups is 3. The lowest BCUT2D eigenvalue weighted by atomic mass is 10.2. The van der Waals surface area contributed by atoms with Crippen molar-refractivity contribution in [3.05, 3.63) is 59.9 Å². The molecule has 0 atom stereocenters. The molecule has 2 aromatic carbocycles. The van der Waals surface area contributed by atoms with Crippen LogP contribution in [0.2, 0.25) is 0 Å². The second kappa shape index (κ2) is 10.9. The van der Waals surface area contributed by atoms with E-state index in [2.05, 4.69) is 5.32 Å². The molecule has 35 heavy (non-hydrogen) atoms. The van der Waals surface area contributed by atoms with Gasteiger partial charge in [0.2, 0.25) is 5.91 Å². The molecule has 0 bridgehead atoms. The van der Waals surface area contributed by atoms with Crippen LogP contribution in [0.5, 0.6) is 11.5 Å². The van der Waals surface area contributed by atoms with Crippen molar-refractivity contribution in [1.29, 1.82) is 0 Å². The van der Waals surface area contributed by atoms with Gasteiger partial charge in [0.1, 0.15) is 5.58 Å². The summed E-state index contributed by atoms with van der Waals surface area (Å²) < 4.78 is 16.8. The fourth-order valence-corrected chi connectivity index (χ4v) is 3.96. The maximum absolute atomic E-state index is 12.8. The van der Waals surface area contributed by atoms with Crippen LogP contribution < -0.4 is 14.8 Å². The van der Waals surface area contributed by atoms with Crippen LogP contribution >= 0.6 is 0 Å². The third kappa shape index (κ3) is 5.56. The van der Waals surface area contributed by atoms with Crippen molar-refractivity contribution in [3.8, 4) is 11.5 Å². The average Bonchev–Trinajstić information content (AvgIpc) is 3.32. The molecule has 0 aliphatic carbocycles. The minimum absolute atomic E-state index is 0.131. The van der Waals surface area contributed by atoms with Gasteiger partial charge in [-0.25, -0.2) is 0 Å². The number of piperazine rings is 1. The van der Waals surface area contributed by atoms with Crippen molar-refractivity contribution in [3.63, 3.8) is 0 Å². The van der Waals surface area contributed by atoms with E-state index in [1.807, 2.05) is 38.1 Å².